The average Bonchev–Trinajstić information content (AvgIpc) is 2.82. The number of anilines is 1. The van der Waals surface area contributed by atoms with Crippen LogP contribution in [0.15, 0.2) is 10.4 Å². The fourth-order valence-corrected chi connectivity index (χ4v) is 2.22. The summed E-state index contributed by atoms with van der Waals surface area (Å²) in [7, 11) is 5.79. The summed E-state index contributed by atoms with van der Waals surface area (Å²) in [5.74, 6) is 1.53. The summed E-state index contributed by atoms with van der Waals surface area (Å²) in [6.07, 6.45) is 1.14. The smallest absolute Gasteiger partial charge is 0.191 e. The molecule has 0 unspecified atom stereocenters. The summed E-state index contributed by atoms with van der Waals surface area (Å²) < 4.78 is 0. The minimum absolute atomic E-state index is 0. The molecule has 0 spiro atoms. The lowest BCUT2D eigenvalue weighted by Crippen LogP contribution is -2.37. The lowest BCUT2D eigenvalue weighted by molar-refractivity contribution is 0.573. The molecule has 0 fully saturated rings. The van der Waals surface area contributed by atoms with Gasteiger partial charge in [-0.3, -0.25) is 4.99 Å². The zero-order valence-corrected chi connectivity index (χ0v) is 16.1. The Hall–Kier alpha value is -0.570. The van der Waals surface area contributed by atoms with Crippen LogP contribution in [0.4, 0.5) is 5.13 Å². The van der Waals surface area contributed by atoms with E-state index in [2.05, 4.69) is 39.8 Å². The highest BCUT2D eigenvalue weighted by atomic mass is 127. The van der Waals surface area contributed by atoms with Gasteiger partial charge in [0.15, 0.2) is 11.1 Å². The molecule has 0 aliphatic heterocycles. The number of nitrogens with zero attached hydrogens (tertiary/aromatic N) is 3. The highest BCUT2D eigenvalue weighted by Gasteiger charge is 2.04. The number of rotatable bonds is 6. The van der Waals surface area contributed by atoms with Crippen molar-refractivity contribution in [3.63, 3.8) is 0 Å². The zero-order chi connectivity index (χ0) is 14.3. The second-order valence-corrected chi connectivity index (χ2v) is 5.89. The molecule has 0 aliphatic carbocycles. The molecule has 1 heterocycles. The third-order valence-electron chi connectivity index (χ3n) is 2.60. The molecule has 5 nitrogen and oxygen atoms in total. The molecule has 1 aromatic heterocycles. The lowest BCUT2D eigenvalue weighted by Gasteiger charge is -2.12. The van der Waals surface area contributed by atoms with Gasteiger partial charge in [-0.2, -0.15) is 0 Å². The van der Waals surface area contributed by atoms with Crippen LogP contribution in [0.5, 0.6) is 0 Å². The third-order valence-corrected chi connectivity index (χ3v) is 3.65. The van der Waals surface area contributed by atoms with Crippen molar-refractivity contribution in [1.29, 1.82) is 0 Å². The van der Waals surface area contributed by atoms with Crippen molar-refractivity contribution < 1.29 is 0 Å². The molecule has 1 rings (SSSR count). The molecular formula is C13H26IN5S. The zero-order valence-electron chi connectivity index (χ0n) is 12.9. The van der Waals surface area contributed by atoms with Gasteiger partial charge in [0, 0.05) is 33.1 Å². The van der Waals surface area contributed by atoms with Gasteiger partial charge in [0.1, 0.15) is 0 Å². The minimum Gasteiger partial charge on any atom is -0.356 e. The van der Waals surface area contributed by atoms with Crippen molar-refractivity contribution in [2.45, 2.75) is 26.8 Å². The number of thiazole rings is 1. The summed E-state index contributed by atoms with van der Waals surface area (Å²) in [5, 5.41) is 9.68. The molecular weight excluding hydrogens is 385 g/mol. The number of aliphatic imine (C=N–C) groups is 1. The fraction of sp³-hybridized carbons (Fsp3) is 0.692. The maximum Gasteiger partial charge on any atom is 0.191 e. The molecule has 116 valence electrons. The molecule has 0 radical (unpaired) electrons. The van der Waals surface area contributed by atoms with Gasteiger partial charge in [-0.15, -0.1) is 35.3 Å². The second-order valence-electron chi connectivity index (χ2n) is 5.05. The summed E-state index contributed by atoms with van der Waals surface area (Å²) in [4.78, 5) is 10.7. The third kappa shape index (κ3) is 7.28. The largest absolute Gasteiger partial charge is 0.356 e. The van der Waals surface area contributed by atoms with Crippen LogP contribution in [0, 0.1) is 5.92 Å². The van der Waals surface area contributed by atoms with E-state index in [1.807, 2.05) is 19.0 Å². The Morgan fingerprint density at radius 2 is 2.10 bits per heavy atom. The fourth-order valence-electron chi connectivity index (χ4n) is 1.46. The Balaban J connectivity index is 0.00000361. The van der Waals surface area contributed by atoms with E-state index in [9.17, 15) is 0 Å². The number of hydrogen-bond acceptors (Lipinski definition) is 4. The first kappa shape index (κ1) is 19.4. The van der Waals surface area contributed by atoms with Crippen LogP contribution >= 0.6 is 35.3 Å². The Morgan fingerprint density at radius 1 is 1.40 bits per heavy atom. The van der Waals surface area contributed by atoms with Gasteiger partial charge in [-0.05, 0) is 12.3 Å². The molecule has 20 heavy (non-hydrogen) atoms. The van der Waals surface area contributed by atoms with E-state index in [1.165, 1.54) is 0 Å². The molecule has 7 heteroatoms. The van der Waals surface area contributed by atoms with E-state index in [0.29, 0.717) is 12.5 Å². The SMILES string of the molecule is CN=C(NCCC(C)C)NCc1csc(N(C)C)n1.I. The molecule has 0 atom stereocenters. The van der Waals surface area contributed by atoms with Gasteiger partial charge in [0.05, 0.1) is 12.2 Å². The van der Waals surface area contributed by atoms with Gasteiger partial charge in [-0.25, -0.2) is 4.98 Å². The Morgan fingerprint density at radius 3 is 2.60 bits per heavy atom. The van der Waals surface area contributed by atoms with Crippen LogP contribution in [0.3, 0.4) is 0 Å². The van der Waals surface area contributed by atoms with Crippen LogP contribution < -0.4 is 15.5 Å². The van der Waals surface area contributed by atoms with Gasteiger partial charge < -0.3 is 15.5 Å². The maximum absolute atomic E-state index is 4.52. The Labute approximate surface area is 143 Å². The molecule has 0 saturated heterocycles. The summed E-state index contributed by atoms with van der Waals surface area (Å²) >= 11 is 1.65. The second kappa shape index (κ2) is 10.2. The topological polar surface area (TPSA) is 52.6 Å². The van der Waals surface area contributed by atoms with E-state index >= 15 is 0 Å². The van der Waals surface area contributed by atoms with Crippen molar-refractivity contribution in [3.05, 3.63) is 11.1 Å². The van der Waals surface area contributed by atoms with Crippen LogP contribution in [-0.4, -0.2) is 38.6 Å². The van der Waals surface area contributed by atoms with E-state index < -0.39 is 0 Å². The highest BCUT2D eigenvalue weighted by molar-refractivity contribution is 14.0. The van der Waals surface area contributed by atoms with Gasteiger partial charge in [0.2, 0.25) is 0 Å². The first-order chi connectivity index (χ1) is 9.02. The first-order valence-electron chi connectivity index (χ1n) is 6.59. The predicted molar refractivity (Wildman–Crippen MR) is 99.5 cm³/mol. The minimum atomic E-state index is 0. The monoisotopic (exact) mass is 411 g/mol. The van der Waals surface area contributed by atoms with Gasteiger partial charge in [-0.1, -0.05) is 13.8 Å². The van der Waals surface area contributed by atoms with Crippen molar-refractivity contribution in [1.82, 2.24) is 15.6 Å². The molecule has 0 aromatic carbocycles. The molecule has 0 saturated carbocycles. The van der Waals surface area contributed by atoms with Gasteiger partial charge in [0.25, 0.3) is 0 Å². The summed E-state index contributed by atoms with van der Waals surface area (Å²) in [6, 6.07) is 0. The lowest BCUT2D eigenvalue weighted by atomic mass is 10.1. The first-order valence-corrected chi connectivity index (χ1v) is 7.47. The molecule has 0 aliphatic rings. The molecule has 1 aromatic rings. The standard InChI is InChI=1S/C13H25N5S.HI/c1-10(2)6-7-15-12(14-3)16-8-11-9-19-13(17-11)18(4)5;/h9-10H,6-8H2,1-5H3,(H2,14,15,16);1H. The van der Waals surface area contributed by atoms with Crippen molar-refractivity contribution in [2.24, 2.45) is 10.9 Å². The quantitative estimate of drug-likeness (QED) is 0.429. The summed E-state index contributed by atoms with van der Waals surface area (Å²) in [5.41, 5.74) is 1.04. The number of nitrogens with one attached hydrogen (secondary N) is 2. The van der Waals surface area contributed by atoms with Crippen LogP contribution in [0.25, 0.3) is 0 Å². The average molecular weight is 411 g/mol. The number of hydrogen-bond donors (Lipinski definition) is 2. The van der Waals surface area contributed by atoms with Crippen LogP contribution in [0.2, 0.25) is 0 Å². The van der Waals surface area contributed by atoms with Crippen molar-refractivity contribution in [2.75, 3.05) is 32.6 Å². The number of aromatic nitrogens is 1. The van der Waals surface area contributed by atoms with E-state index in [-0.39, 0.29) is 24.0 Å². The molecule has 0 bridgehead atoms. The van der Waals surface area contributed by atoms with Crippen molar-refractivity contribution >= 4 is 46.4 Å². The Bertz CT molecular complexity index is 403. The normalized spacial score (nSPS) is 11.2. The van der Waals surface area contributed by atoms with E-state index in [1.54, 1.807) is 18.4 Å². The molecule has 2 N–H and O–H groups in total. The van der Waals surface area contributed by atoms with Gasteiger partial charge >= 0.3 is 0 Å². The number of halogens is 1. The van der Waals surface area contributed by atoms with Crippen molar-refractivity contribution in [3.8, 4) is 0 Å². The number of guanidine groups is 1. The van der Waals surface area contributed by atoms with E-state index in [4.69, 9.17) is 0 Å². The summed E-state index contributed by atoms with van der Waals surface area (Å²) in [6.45, 7) is 6.08. The predicted octanol–water partition coefficient (Wildman–Crippen LogP) is 2.54. The Kier molecular flexibility index (Phi) is 9.91. The van der Waals surface area contributed by atoms with Crippen LogP contribution in [-0.2, 0) is 6.54 Å². The van der Waals surface area contributed by atoms with Crippen LogP contribution in [0.1, 0.15) is 26.0 Å². The maximum atomic E-state index is 4.52. The highest BCUT2D eigenvalue weighted by Crippen LogP contribution is 2.17. The van der Waals surface area contributed by atoms with E-state index in [0.717, 1.165) is 29.8 Å². The molecule has 0 amide bonds.